The fraction of sp³-hybridized carbons (Fsp3) is 0.556. The summed E-state index contributed by atoms with van der Waals surface area (Å²) in [5, 5.41) is 12.6. The van der Waals surface area contributed by atoms with Crippen molar-refractivity contribution in [2.24, 2.45) is 5.92 Å². The Morgan fingerprint density at radius 2 is 2.38 bits per heavy atom. The van der Waals surface area contributed by atoms with Gasteiger partial charge in [-0.2, -0.15) is 5.10 Å². The van der Waals surface area contributed by atoms with Crippen molar-refractivity contribution < 1.29 is 9.90 Å². The molecule has 0 saturated carbocycles. The van der Waals surface area contributed by atoms with Crippen molar-refractivity contribution in [2.75, 3.05) is 0 Å². The van der Waals surface area contributed by atoms with Gasteiger partial charge >= 0.3 is 5.97 Å². The van der Waals surface area contributed by atoms with Gasteiger partial charge < -0.3 is 5.11 Å². The molecule has 1 N–H and O–H groups in total. The van der Waals surface area contributed by atoms with Crippen molar-refractivity contribution in [2.45, 2.75) is 26.8 Å². The van der Waals surface area contributed by atoms with E-state index < -0.39 is 5.97 Å². The topological polar surface area (TPSA) is 55.1 Å². The van der Waals surface area contributed by atoms with Gasteiger partial charge in [-0.3, -0.25) is 4.68 Å². The molecule has 1 rings (SSSR count). The van der Waals surface area contributed by atoms with Crippen molar-refractivity contribution in [3.8, 4) is 0 Å². The maximum absolute atomic E-state index is 10.5. The van der Waals surface area contributed by atoms with Gasteiger partial charge in [0, 0.05) is 12.7 Å². The molecule has 72 valence electrons. The van der Waals surface area contributed by atoms with Crippen LogP contribution in [0.4, 0.5) is 0 Å². The first-order chi connectivity index (χ1) is 6.09. The molecule has 0 spiro atoms. The normalized spacial score (nSPS) is 10.7. The van der Waals surface area contributed by atoms with Crippen LogP contribution in [0.2, 0.25) is 0 Å². The lowest BCUT2D eigenvalue weighted by atomic mass is 10.1. The first kappa shape index (κ1) is 9.77. The monoisotopic (exact) mass is 182 g/mol. The average molecular weight is 182 g/mol. The Kier molecular flexibility index (Phi) is 3.06. The SMILES string of the molecule is CC(C)CCn1cc(C(=O)O)cn1. The number of carboxylic acids is 1. The van der Waals surface area contributed by atoms with Gasteiger partial charge in [0.15, 0.2) is 0 Å². The second-order valence-corrected chi connectivity index (χ2v) is 3.48. The summed E-state index contributed by atoms with van der Waals surface area (Å²) in [6.07, 6.45) is 3.95. The van der Waals surface area contributed by atoms with Crippen molar-refractivity contribution in [1.29, 1.82) is 0 Å². The van der Waals surface area contributed by atoms with Gasteiger partial charge in [0.2, 0.25) is 0 Å². The summed E-state index contributed by atoms with van der Waals surface area (Å²) in [5.41, 5.74) is 0.253. The molecule has 1 heterocycles. The van der Waals surface area contributed by atoms with Gasteiger partial charge in [0.05, 0.1) is 11.8 Å². The summed E-state index contributed by atoms with van der Waals surface area (Å²) in [4.78, 5) is 10.5. The molecule has 0 aromatic carbocycles. The largest absolute Gasteiger partial charge is 0.478 e. The van der Waals surface area contributed by atoms with E-state index in [1.165, 1.54) is 6.20 Å². The zero-order valence-electron chi connectivity index (χ0n) is 7.90. The second-order valence-electron chi connectivity index (χ2n) is 3.48. The van der Waals surface area contributed by atoms with Crippen LogP contribution in [0.15, 0.2) is 12.4 Å². The van der Waals surface area contributed by atoms with Crippen LogP contribution in [0.1, 0.15) is 30.6 Å². The third kappa shape index (κ3) is 2.89. The fourth-order valence-corrected chi connectivity index (χ4v) is 0.987. The fourth-order valence-electron chi connectivity index (χ4n) is 0.987. The van der Waals surface area contributed by atoms with Crippen molar-refractivity contribution in [1.82, 2.24) is 9.78 Å². The molecule has 0 aliphatic carbocycles. The van der Waals surface area contributed by atoms with Gasteiger partial charge in [-0.1, -0.05) is 13.8 Å². The van der Waals surface area contributed by atoms with Crippen molar-refractivity contribution in [3.63, 3.8) is 0 Å². The molecule has 0 saturated heterocycles. The summed E-state index contributed by atoms with van der Waals surface area (Å²) in [5.74, 6) is -0.312. The summed E-state index contributed by atoms with van der Waals surface area (Å²) in [6.45, 7) is 5.04. The van der Waals surface area contributed by atoms with Crippen LogP contribution in [0.25, 0.3) is 0 Å². The Morgan fingerprint density at radius 1 is 1.69 bits per heavy atom. The molecule has 0 amide bonds. The molecule has 0 atom stereocenters. The van der Waals surface area contributed by atoms with Crippen LogP contribution in [0, 0.1) is 5.92 Å². The minimum atomic E-state index is -0.921. The van der Waals surface area contributed by atoms with E-state index in [0.717, 1.165) is 13.0 Å². The van der Waals surface area contributed by atoms with E-state index in [2.05, 4.69) is 18.9 Å². The molecule has 1 aromatic heterocycles. The second kappa shape index (κ2) is 4.07. The zero-order valence-corrected chi connectivity index (χ0v) is 7.90. The molecule has 0 bridgehead atoms. The number of nitrogens with zero attached hydrogens (tertiary/aromatic N) is 2. The van der Waals surface area contributed by atoms with E-state index in [4.69, 9.17) is 5.11 Å². The minimum Gasteiger partial charge on any atom is -0.478 e. The standard InChI is InChI=1S/C9H14N2O2/c1-7(2)3-4-11-6-8(5-10-11)9(12)13/h5-7H,3-4H2,1-2H3,(H,12,13). The third-order valence-electron chi connectivity index (χ3n) is 1.82. The van der Waals surface area contributed by atoms with E-state index in [1.807, 2.05) is 0 Å². The molecule has 13 heavy (non-hydrogen) atoms. The predicted octanol–water partition coefficient (Wildman–Crippen LogP) is 1.63. The Morgan fingerprint density at radius 3 is 2.85 bits per heavy atom. The number of aromatic nitrogens is 2. The van der Waals surface area contributed by atoms with Gasteiger partial charge in [-0.25, -0.2) is 4.79 Å². The molecule has 4 nitrogen and oxygen atoms in total. The highest BCUT2D eigenvalue weighted by molar-refractivity contribution is 5.86. The minimum absolute atomic E-state index is 0.253. The Hall–Kier alpha value is -1.32. The number of hydrogen-bond acceptors (Lipinski definition) is 2. The summed E-state index contributed by atoms with van der Waals surface area (Å²) < 4.78 is 1.67. The van der Waals surface area contributed by atoms with Crippen LogP contribution in [0.5, 0.6) is 0 Å². The molecule has 0 fully saturated rings. The molecule has 0 aliphatic rings. The molecule has 1 aromatic rings. The number of carbonyl (C=O) groups is 1. The van der Waals surface area contributed by atoms with Crippen molar-refractivity contribution >= 4 is 5.97 Å². The number of aromatic carboxylic acids is 1. The third-order valence-corrected chi connectivity index (χ3v) is 1.82. The highest BCUT2D eigenvalue weighted by Crippen LogP contribution is 2.03. The first-order valence-electron chi connectivity index (χ1n) is 4.35. The van der Waals surface area contributed by atoms with Crippen LogP contribution >= 0.6 is 0 Å². The molecular weight excluding hydrogens is 168 g/mol. The van der Waals surface area contributed by atoms with E-state index in [9.17, 15) is 4.79 Å². The summed E-state index contributed by atoms with van der Waals surface area (Å²) >= 11 is 0. The highest BCUT2D eigenvalue weighted by Gasteiger charge is 2.05. The van der Waals surface area contributed by atoms with Crippen LogP contribution in [0.3, 0.4) is 0 Å². The lowest BCUT2D eigenvalue weighted by Crippen LogP contribution is -2.01. The maximum Gasteiger partial charge on any atom is 0.338 e. The highest BCUT2D eigenvalue weighted by atomic mass is 16.4. The molecular formula is C9H14N2O2. The first-order valence-corrected chi connectivity index (χ1v) is 4.35. The van der Waals surface area contributed by atoms with Crippen molar-refractivity contribution in [3.05, 3.63) is 18.0 Å². The van der Waals surface area contributed by atoms with Crippen LogP contribution < -0.4 is 0 Å². The molecule has 0 aliphatic heterocycles. The van der Waals surface area contributed by atoms with E-state index in [1.54, 1.807) is 10.9 Å². The Balaban J connectivity index is 2.54. The zero-order chi connectivity index (χ0) is 9.84. The number of hydrogen-bond donors (Lipinski definition) is 1. The van der Waals surface area contributed by atoms with Crippen LogP contribution in [-0.4, -0.2) is 20.9 Å². The van der Waals surface area contributed by atoms with E-state index in [0.29, 0.717) is 5.92 Å². The quantitative estimate of drug-likeness (QED) is 0.769. The van der Waals surface area contributed by atoms with E-state index >= 15 is 0 Å². The smallest absolute Gasteiger partial charge is 0.338 e. The van der Waals surface area contributed by atoms with Gasteiger partial charge in [-0.05, 0) is 12.3 Å². The van der Waals surface area contributed by atoms with Crippen LogP contribution in [-0.2, 0) is 6.54 Å². The maximum atomic E-state index is 10.5. The van der Waals surface area contributed by atoms with Gasteiger partial charge in [0.1, 0.15) is 0 Å². The molecule has 4 heteroatoms. The lowest BCUT2D eigenvalue weighted by molar-refractivity contribution is 0.0697. The summed E-state index contributed by atoms with van der Waals surface area (Å²) in [6, 6.07) is 0. The van der Waals surface area contributed by atoms with Gasteiger partial charge in [-0.15, -0.1) is 0 Å². The molecule has 0 unspecified atom stereocenters. The average Bonchev–Trinajstić information content (AvgIpc) is 2.48. The summed E-state index contributed by atoms with van der Waals surface area (Å²) in [7, 11) is 0. The lowest BCUT2D eigenvalue weighted by Gasteiger charge is -2.03. The number of carboxylic acid groups (broad SMARTS) is 1. The van der Waals surface area contributed by atoms with Gasteiger partial charge in [0.25, 0.3) is 0 Å². The number of aryl methyl sites for hydroxylation is 1. The van der Waals surface area contributed by atoms with E-state index in [-0.39, 0.29) is 5.56 Å². The Labute approximate surface area is 77.2 Å². The number of rotatable bonds is 4. The molecule has 0 radical (unpaired) electrons. The Bertz CT molecular complexity index is 292. The predicted molar refractivity (Wildman–Crippen MR) is 48.6 cm³/mol.